The molecule has 4 rings (SSSR count). The number of fused-ring (bicyclic) bond motifs is 1. The minimum Gasteiger partial charge on any atom is -0.362 e. The maximum Gasteiger partial charge on any atom is 0.111 e. The average Bonchev–Trinajstić information content (AvgIpc) is 3.26. The minimum atomic E-state index is 0.655. The summed E-state index contributed by atoms with van der Waals surface area (Å²) in [6.07, 6.45) is 4.61. The molecule has 3 aromatic rings. The van der Waals surface area contributed by atoms with Gasteiger partial charge >= 0.3 is 0 Å². The Morgan fingerprint density at radius 2 is 1.80 bits per heavy atom. The molecule has 0 spiro atoms. The highest BCUT2D eigenvalue weighted by Crippen LogP contribution is 2.28. The molecule has 0 saturated carbocycles. The molecular formula is C20H18Cl2N2S. The summed E-state index contributed by atoms with van der Waals surface area (Å²) in [5.74, 6) is 0. The van der Waals surface area contributed by atoms with Crippen LogP contribution in [-0.4, -0.2) is 27.5 Å². The van der Waals surface area contributed by atoms with Crippen LogP contribution in [0.5, 0.6) is 0 Å². The summed E-state index contributed by atoms with van der Waals surface area (Å²) in [6.45, 7) is 2.81. The fourth-order valence-corrected chi connectivity index (χ4v) is 4.29. The number of nitrogens with zero attached hydrogens (tertiary/aromatic N) is 2. The van der Waals surface area contributed by atoms with E-state index in [9.17, 15) is 0 Å². The molecule has 2 nitrogen and oxygen atoms in total. The summed E-state index contributed by atoms with van der Waals surface area (Å²) in [5.41, 5.74) is 3.35. The molecule has 1 saturated heterocycles. The van der Waals surface area contributed by atoms with Crippen molar-refractivity contribution in [3.8, 4) is 0 Å². The molecule has 0 amide bonds. The van der Waals surface area contributed by atoms with Gasteiger partial charge in [0.15, 0.2) is 0 Å². The van der Waals surface area contributed by atoms with E-state index in [0.717, 1.165) is 29.2 Å². The van der Waals surface area contributed by atoms with Gasteiger partial charge in [0, 0.05) is 52.3 Å². The van der Waals surface area contributed by atoms with Gasteiger partial charge in [-0.1, -0.05) is 59.7 Å². The van der Waals surface area contributed by atoms with E-state index in [2.05, 4.69) is 39.9 Å². The predicted octanol–water partition coefficient (Wildman–Crippen LogP) is 5.77. The Morgan fingerprint density at radius 3 is 2.56 bits per heavy atom. The van der Waals surface area contributed by atoms with Crippen LogP contribution in [0.25, 0.3) is 10.9 Å². The summed E-state index contributed by atoms with van der Waals surface area (Å²) in [4.78, 5) is 3.27. The van der Waals surface area contributed by atoms with E-state index in [4.69, 9.17) is 35.4 Å². The van der Waals surface area contributed by atoms with Gasteiger partial charge in [-0.2, -0.15) is 0 Å². The maximum atomic E-state index is 6.37. The number of aromatic nitrogens is 1. The van der Waals surface area contributed by atoms with Crippen LogP contribution >= 0.6 is 35.4 Å². The number of rotatable bonds is 3. The highest BCUT2D eigenvalue weighted by molar-refractivity contribution is 7.80. The first-order valence-electron chi connectivity index (χ1n) is 8.44. The molecule has 25 heavy (non-hydrogen) atoms. The Kier molecular flexibility index (Phi) is 4.72. The number of halogens is 2. The topological polar surface area (TPSA) is 8.17 Å². The molecule has 0 radical (unpaired) electrons. The lowest BCUT2D eigenvalue weighted by Crippen LogP contribution is -2.26. The lowest BCUT2D eigenvalue weighted by Gasteiger charge is -2.17. The summed E-state index contributed by atoms with van der Waals surface area (Å²) in [7, 11) is 0. The second kappa shape index (κ2) is 6.99. The van der Waals surface area contributed by atoms with Gasteiger partial charge < -0.3 is 9.47 Å². The first-order chi connectivity index (χ1) is 12.1. The third-order valence-electron chi connectivity index (χ3n) is 4.77. The van der Waals surface area contributed by atoms with Crippen molar-refractivity contribution in [3.63, 3.8) is 0 Å². The highest BCUT2D eigenvalue weighted by Gasteiger charge is 2.20. The lowest BCUT2D eigenvalue weighted by molar-refractivity contribution is 0.530. The van der Waals surface area contributed by atoms with Crippen LogP contribution < -0.4 is 0 Å². The third kappa shape index (κ3) is 3.29. The molecule has 1 aliphatic heterocycles. The van der Waals surface area contributed by atoms with Crippen molar-refractivity contribution in [2.45, 2.75) is 19.4 Å². The Balaban J connectivity index is 1.75. The zero-order chi connectivity index (χ0) is 17.4. The second-order valence-electron chi connectivity index (χ2n) is 6.42. The Morgan fingerprint density at radius 1 is 1.04 bits per heavy atom. The van der Waals surface area contributed by atoms with Crippen molar-refractivity contribution < 1.29 is 0 Å². The van der Waals surface area contributed by atoms with E-state index in [1.54, 1.807) is 6.07 Å². The van der Waals surface area contributed by atoms with Gasteiger partial charge in [0.2, 0.25) is 0 Å². The number of likely N-dealkylation sites (tertiary alicyclic amines) is 1. The van der Waals surface area contributed by atoms with E-state index < -0.39 is 0 Å². The normalized spacial score (nSPS) is 14.4. The van der Waals surface area contributed by atoms with Gasteiger partial charge in [0.25, 0.3) is 0 Å². The SMILES string of the molecule is S=C(c1cn(Cc2ccc(Cl)cc2Cl)c2ccccc12)N1CCCC1. The Bertz CT molecular complexity index is 942. The molecule has 1 aromatic heterocycles. The van der Waals surface area contributed by atoms with Gasteiger partial charge in [-0.3, -0.25) is 0 Å². The summed E-state index contributed by atoms with van der Waals surface area (Å²) >= 11 is 18.2. The van der Waals surface area contributed by atoms with Crippen molar-refractivity contribution in [2.75, 3.05) is 13.1 Å². The summed E-state index contributed by atoms with van der Waals surface area (Å²) in [6, 6.07) is 14.1. The van der Waals surface area contributed by atoms with E-state index in [0.29, 0.717) is 16.6 Å². The van der Waals surface area contributed by atoms with E-state index >= 15 is 0 Å². The van der Waals surface area contributed by atoms with Crippen molar-refractivity contribution in [3.05, 3.63) is 69.8 Å². The molecular weight excluding hydrogens is 371 g/mol. The van der Waals surface area contributed by atoms with Crippen LogP contribution in [0.2, 0.25) is 10.0 Å². The van der Waals surface area contributed by atoms with Crippen molar-refractivity contribution in [1.82, 2.24) is 9.47 Å². The van der Waals surface area contributed by atoms with Gasteiger partial charge in [0.05, 0.1) is 0 Å². The number of hydrogen-bond acceptors (Lipinski definition) is 1. The number of hydrogen-bond donors (Lipinski definition) is 0. The van der Waals surface area contributed by atoms with Crippen LogP contribution in [0.15, 0.2) is 48.7 Å². The minimum absolute atomic E-state index is 0.655. The summed E-state index contributed by atoms with van der Waals surface area (Å²) in [5, 5.41) is 2.54. The first-order valence-corrected chi connectivity index (χ1v) is 9.61. The van der Waals surface area contributed by atoms with E-state index in [1.807, 2.05) is 12.1 Å². The van der Waals surface area contributed by atoms with Crippen LogP contribution in [-0.2, 0) is 6.54 Å². The quantitative estimate of drug-likeness (QED) is 0.526. The van der Waals surface area contributed by atoms with Gasteiger partial charge in [-0.25, -0.2) is 0 Å². The fraction of sp³-hybridized carbons (Fsp3) is 0.250. The molecule has 0 N–H and O–H groups in total. The molecule has 0 atom stereocenters. The third-order valence-corrected chi connectivity index (χ3v) is 5.83. The van der Waals surface area contributed by atoms with Crippen LogP contribution in [0.3, 0.4) is 0 Å². The highest BCUT2D eigenvalue weighted by atomic mass is 35.5. The predicted molar refractivity (Wildman–Crippen MR) is 110 cm³/mol. The van der Waals surface area contributed by atoms with Gasteiger partial charge in [-0.15, -0.1) is 0 Å². The number of benzene rings is 2. The molecule has 2 heterocycles. The van der Waals surface area contributed by atoms with Crippen LogP contribution in [0, 0.1) is 0 Å². The van der Waals surface area contributed by atoms with E-state index in [1.165, 1.54) is 23.7 Å². The Labute approximate surface area is 162 Å². The lowest BCUT2D eigenvalue weighted by atomic mass is 10.1. The second-order valence-corrected chi connectivity index (χ2v) is 7.65. The molecule has 2 aromatic carbocycles. The van der Waals surface area contributed by atoms with Gasteiger partial charge in [0.1, 0.15) is 4.99 Å². The maximum absolute atomic E-state index is 6.37. The zero-order valence-corrected chi connectivity index (χ0v) is 16.0. The zero-order valence-electron chi connectivity index (χ0n) is 13.7. The number of thiocarbonyl (C=S) groups is 1. The van der Waals surface area contributed by atoms with Crippen LogP contribution in [0.1, 0.15) is 24.0 Å². The molecule has 128 valence electrons. The van der Waals surface area contributed by atoms with Crippen LogP contribution in [0.4, 0.5) is 0 Å². The molecule has 1 fully saturated rings. The average molecular weight is 389 g/mol. The number of para-hydroxylation sites is 1. The molecule has 0 unspecified atom stereocenters. The fourth-order valence-electron chi connectivity index (χ4n) is 3.47. The van der Waals surface area contributed by atoms with Crippen molar-refractivity contribution in [1.29, 1.82) is 0 Å². The largest absolute Gasteiger partial charge is 0.362 e. The van der Waals surface area contributed by atoms with Crippen molar-refractivity contribution in [2.24, 2.45) is 0 Å². The standard InChI is InChI=1S/C20H18Cl2N2S/c21-15-8-7-14(18(22)11-15)12-24-13-17(16-5-1-2-6-19(16)24)20(25)23-9-3-4-10-23/h1-2,5-8,11,13H,3-4,9-10,12H2. The van der Waals surface area contributed by atoms with E-state index in [-0.39, 0.29) is 0 Å². The van der Waals surface area contributed by atoms with Gasteiger partial charge in [-0.05, 0) is 36.6 Å². The summed E-state index contributed by atoms with van der Waals surface area (Å²) < 4.78 is 2.22. The Hall–Kier alpha value is -1.55. The monoisotopic (exact) mass is 388 g/mol. The molecule has 0 bridgehead atoms. The van der Waals surface area contributed by atoms with Crippen molar-refractivity contribution >= 4 is 51.3 Å². The molecule has 1 aliphatic rings. The first kappa shape index (κ1) is 16.9. The molecule has 0 aliphatic carbocycles. The molecule has 5 heteroatoms. The smallest absolute Gasteiger partial charge is 0.111 e.